The zero-order valence-electron chi connectivity index (χ0n) is 11.6. The van der Waals surface area contributed by atoms with E-state index >= 15 is 0 Å². The van der Waals surface area contributed by atoms with Gasteiger partial charge in [0, 0.05) is 12.6 Å². The number of alkyl halides is 2. The zero-order valence-corrected chi connectivity index (χ0v) is 11.6. The van der Waals surface area contributed by atoms with Gasteiger partial charge in [-0.1, -0.05) is 0 Å². The maximum atomic E-state index is 12.6. The van der Waals surface area contributed by atoms with Gasteiger partial charge in [-0.05, 0) is 0 Å². The molecule has 7 nitrogen and oxygen atoms in total. The van der Waals surface area contributed by atoms with Crippen LogP contribution in [0.1, 0.15) is 0 Å². The van der Waals surface area contributed by atoms with Gasteiger partial charge in [-0.2, -0.15) is 0 Å². The Kier molecular flexibility index (Phi) is 6.10. The van der Waals surface area contributed by atoms with E-state index in [9.17, 15) is 18.9 Å². The Bertz CT molecular complexity index is 499. The Morgan fingerprint density at radius 2 is 1.90 bits per heavy atom. The molecule has 1 aromatic carbocycles. The van der Waals surface area contributed by atoms with E-state index in [0.29, 0.717) is 0 Å². The van der Waals surface area contributed by atoms with Crippen molar-refractivity contribution in [2.45, 2.75) is 6.43 Å². The zero-order chi connectivity index (χ0) is 16.0. The largest absolute Gasteiger partial charge is 0.493 e. The SMILES string of the molecule is COc1cc(N(CCO)CC(F)F)c([N+](=O)[O-])cc1OC. The minimum absolute atomic E-state index is 0.0630. The summed E-state index contributed by atoms with van der Waals surface area (Å²) >= 11 is 0. The van der Waals surface area contributed by atoms with Crippen molar-refractivity contribution < 1.29 is 28.3 Å². The molecule has 0 saturated carbocycles. The summed E-state index contributed by atoms with van der Waals surface area (Å²) < 4.78 is 35.2. The second kappa shape index (κ2) is 7.58. The van der Waals surface area contributed by atoms with E-state index in [1.807, 2.05) is 0 Å². The second-order valence-corrected chi connectivity index (χ2v) is 4.01. The van der Waals surface area contributed by atoms with E-state index in [0.717, 1.165) is 11.0 Å². The number of benzene rings is 1. The number of nitro benzene ring substituents is 1. The molecule has 0 heterocycles. The fourth-order valence-corrected chi connectivity index (χ4v) is 1.85. The highest BCUT2D eigenvalue weighted by atomic mass is 19.3. The van der Waals surface area contributed by atoms with Crippen LogP contribution in [0.2, 0.25) is 0 Å². The molecule has 0 atom stereocenters. The van der Waals surface area contributed by atoms with Gasteiger partial charge in [-0.15, -0.1) is 0 Å². The van der Waals surface area contributed by atoms with Crippen molar-refractivity contribution in [3.63, 3.8) is 0 Å². The van der Waals surface area contributed by atoms with Crippen molar-refractivity contribution in [1.82, 2.24) is 0 Å². The van der Waals surface area contributed by atoms with Crippen LogP contribution in [0, 0.1) is 10.1 Å². The molecular formula is C12H16F2N2O5. The summed E-state index contributed by atoms with van der Waals surface area (Å²) in [6, 6.07) is 2.35. The Labute approximate surface area is 119 Å². The highest BCUT2D eigenvalue weighted by Crippen LogP contribution is 2.39. The van der Waals surface area contributed by atoms with Crippen LogP contribution in [0.3, 0.4) is 0 Å². The molecule has 0 bridgehead atoms. The lowest BCUT2D eigenvalue weighted by atomic mass is 10.2. The molecule has 0 aliphatic rings. The van der Waals surface area contributed by atoms with E-state index in [4.69, 9.17) is 14.6 Å². The van der Waals surface area contributed by atoms with Crippen LogP contribution in [0.25, 0.3) is 0 Å². The molecule has 0 aliphatic carbocycles. The number of rotatable bonds is 8. The lowest BCUT2D eigenvalue weighted by Crippen LogP contribution is -2.32. The van der Waals surface area contributed by atoms with Gasteiger partial charge >= 0.3 is 0 Å². The topological polar surface area (TPSA) is 85.1 Å². The highest BCUT2D eigenvalue weighted by molar-refractivity contribution is 5.69. The third-order valence-corrected chi connectivity index (χ3v) is 2.75. The average Bonchev–Trinajstić information content (AvgIpc) is 2.44. The quantitative estimate of drug-likeness (QED) is 0.581. The predicted molar refractivity (Wildman–Crippen MR) is 71.5 cm³/mol. The first-order valence-electron chi connectivity index (χ1n) is 5.99. The molecular weight excluding hydrogens is 290 g/mol. The lowest BCUT2D eigenvalue weighted by molar-refractivity contribution is -0.384. The summed E-state index contributed by atoms with van der Waals surface area (Å²) in [5.74, 6) is 0.296. The van der Waals surface area contributed by atoms with Crippen molar-refractivity contribution in [2.75, 3.05) is 38.8 Å². The van der Waals surface area contributed by atoms with Crippen LogP contribution < -0.4 is 14.4 Å². The summed E-state index contributed by atoms with van der Waals surface area (Å²) in [6.45, 7) is -1.32. The number of aliphatic hydroxyl groups is 1. The van der Waals surface area contributed by atoms with Crippen molar-refractivity contribution in [3.05, 3.63) is 22.2 Å². The third-order valence-electron chi connectivity index (χ3n) is 2.75. The summed E-state index contributed by atoms with van der Waals surface area (Å²) in [7, 11) is 2.64. The van der Waals surface area contributed by atoms with Gasteiger partial charge in [-0.25, -0.2) is 8.78 Å². The Balaban J connectivity index is 3.37. The number of ether oxygens (including phenoxy) is 2. The monoisotopic (exact) mass is 306 g/mol. The van der Waals surface area contributed by atoms with Crippen LogP contribution in [-0.4, -0.2) is 50.4 Å². The highest BCUT2D eigenvalue weighted by Gasteiger charge is 2.25. The molecule has 1 aromatic rings. The number of hydrogen-bond donors (Lipinski definition) is 1. The number of halogens is 2. The number of nitro groups is 1. The minimum atomic E-state index is -2.70. The Morgan fingerprint density at radius 3 is 2.33 bits per heavy atom. The van der Waals surface area contributed by atoms with Crippen LogP contribution in [0.5, 0.6) is 11.5 Å². The smallest absolute Gasteiger partial charge is 0.296 e. The summed E-state index contributed by atoms with van der Waals surface area (Å²) in [5.41, 5.74) is -0.464. The second-order valence-electron chi connectivity index (χ2n) is 4.01. The van der Waals surface area contributed by atoms with Crippen molar-refractivity contribution in [2.24, 2.45) is 0 Å². The molecule has 118 valence electrons. The summed E-state index contributed by atoms with van der Waals surface area (Å²) in [4.78, 5) is 11.4. The Morgan fingerprint density at radius 1 is 1.33 bits per heavy atom. The molecule has 1 rings (SSSR count). The van der Waals surface area contributed by atoms with Gasteiger partial charge in [0.1, 0.15) is 5.69 Å². The van der Waals surface area contributed by atoms with Crippen LogP contribution >= 0.6 is 0 Å². The molecule has 0 spiro atoms. The number of nitrogens with zero attached hydrogens (tertiary/aromatic N) is 2. The Hall–Kier alpha value is -2.16. The molecule has 0 radical (unpaired) electrons. The van der Waals surface area contributed by atoms with E-state index in [1.54, 1.807) is 0 Å². The molecule has 0 saturated heterocycles. The number of methoxy groups -OCH3 is 2. The molecule has 1 N–H and O–H groups in total. The predicted octanol–water partition coefficient (Wildman–Crippen LogP) is 1.68. The maximum Gasteiger partial charge on any atom is 0.296 e. The number of hydrogen-bond acceptors (Lipinski definition) is 6. The standard InChI is InChI=1S/C12H16F2N2O5/c1-20-10-5-8(15(3-4-17)7-12(13)14)9(16(18)19)6-11(10)21-2/h5-6,12,17H,3-4,7H2,1-2H3. The van der Waals surface area contributed by atoms with Crippen molar-refractivity contribution in [1.29, 1.82) is 0 Å². The van der Waals surface area contributed by atoms with E-state index < -0.39 is 30.2 Å². The van der Waals surface area contributed by atoms with Crippen molar-refractivity contribution in [3.8, 4) is 11.5 Å². The molecule has 0 fully saturated rings. The summed E-state index contributed by atoms with van der Waals surface area (Å²) in [6.07, 6.45) is -2.70. The average molecular weight is 306 g/mol. The van der Waals surface area contributed by atoms with Crippen molar-refractivity contribution >= 4 is 11.4 Å². The molecule has 0 unspecified atom stereocenters. The van der Waals surface area contributed by atoms with E-state index in [2.05, 4.69) is 0 Å². The third kappa shape index (κ3) is 4.15. The van der Waals surface area contributed by atoms with Gasteiger partial charge in [0.05, 0.1) is 38.4 Å². The van der Waals surface area contributed by atoms with Gasteiger partial charge < -0.3 is 19.5 Å². The normalized spacial score (nSPS) is 10.6. The summed E-state index contributed by atoms with van der Waals surface area (Å²) in [5, 5.41) is 20.1. The molecule has 0 aromatic heterocycles. The number of aliphatic hydroxyl groups excluding tert-OH is 1. The fraction of sp³-hybridized carbons (Fsp3) is 0.500. The van der Waals surface area contributed by atoms with Gasteiger partial charge in [0.25, 0.3) is 12.1 Å². The molecule has 0 amide bonds. The maximum absolute atomic E-state index is 12.6. The van der Waals surface area contributed by atoms with Gasteiger partial charge in [0.2, 0.25) is 0 Å². The molecule has 9 heteroatoms. The van der Waals surface area contributed by atoms with Crippen LogP contribution in [0.15, 0.2) is 12.1 Å². The first kappa shape index (κ1) is 16.9. The van der Waals surface area contributed by atoms with E-state index in [1.165, 1.54) is 20.3 Å². The number of anilines is 1. The van der Waals surface area contributed by atoms with Crippen LogP contribution in [0.4, 0.5) is 20.2 Å². The first-order chi connectivity index (χ1) is 9.94. The van der Waals surface area contributed by atoms with Gasteiger partial charge in [-0.3, -0.25) is 10.1 Å². The van der Waals surface area contributed by atoms with E-state index in [-0.39, 0.29) is 23.7 Å². The molecule has 0 aliphatic heterocycles. The first-order valence-corrected chi connectivity index (χ1v) is 5.99. The minimum Gasteiger partial charge on any atom is -0.493 e. The van der Waals surface area contributed by atoms with Crippen LogP contribution in [-0.2, 0) is 0 Å². The fourth-order valence-electron chi connectivity index (χ4n) is 1.85. The lowest BCUT2D eigenvalue weighted by Gasteiger charge is -2.24. The molecule has 21 heavy (non-hydrogen) atoms. The van der Waals surface area contributed by atoms with Gasteiger partial charge in [0.15, 0.2) is 11.5 Å².